The summed E-state index contributed by atoms with van der Waals surface area (Å²) in [4.78, 5) is 23.4. The maximum Gasteiger partial charge on any atom is 0.387 e. The van der Waals surface area contributed by atoms with Crippen molar-refractivity contribution in [1.29, 1.82) is 0 Å². The fourth-order valence-corrected chi connectivity index (χ4v) is 2.45. The lowest BCUT2D eigenvalue weighted by Gasteiger charge is -2.12. The van der Waals surface area contributed by atoms with E-state index in [1.807, 2.05) is 0 Å². The molecule has 1 amide bonds. The smallest absolute Gasteiger partial charge is 0.387 e. The van der Waals surface area contributed by atoms with Gasteiger partial charge in [0.1, 0.15) is 11.5 Å². The average Bonchev–Trinajstić information content (AvgIpc) is 2.61. The van der Waals surface area contributed by atoms with E-state index in [1.54, 1.807) is 6.07 Å². The second kappa shape index (κ2) is 9.14. The molecule has 0 spiro atoms. The zero-order chi connectivity index (χ0) is 19.1. The number of anilines is 1. The Kier molecular flexibility index (Phi) is 6.90. The largest absolute Gasteiger partial charge is 0.483 e. The Morgan fingerprint density at radius 2 is 1.88 bits per heavy atom. The molecule has 0 aromatic heterocycles. The highest BCUT2D eigenvalue weighted by Gasteiger charge is 2.13. The number of nitrogens with one attached hydrogen (secondary N) is 1. The molecular formula is C17H14BrF2NO5. The van der Waals surface area contributed by atoms with Crippen molar-refractivity contribution in [3.63, 3.8) is 0 Å². The Balaban J connectivity index is 1.98. The molecule has 0 heterocycles. The topological polar surface area (TPSA) is 73.9 Å². The summed E-state index contributed by atoms with van der Waals surface area (Å²) in [6, 6.07) is 10.3. The van der Waals surface area contributed by atoms with Gasteiger partial charge in [0.05, 0.1) is 22.8 Å². The van der Waals surface area contributed by atoms with Gasteiger partial charge in [-0.15, -0.1) is 0 Å². The second-order valence-corrected chi connectivity index (χ2v) is 5.70. The quantitative estimate of drug-likeness (QED) is 0.676. The number of carbonyl (C=O) groups excluding carboxylic acids is 2. The molecule has 0 radical (unpaired) electrons. The summed E-state index contributed by atoms with van der Waals surface area (Å²) in [5.74, 6) is -0.908. The van der Waals surface area contributed by atoms with Crippen LogP contribution in [0.1, 0.15) is 10.4 Å². The van der Waals surface area contributed by atoms with Gasteiger partial charge < -0.3 is 19.5 Å². The van der Waals surface area contributed by atoms with E-state index in [0.717, 1.165) is 0 Å². The molecule has 2 aromatic carbocycles. The molecule has 1 N–H and O–H groups in total. The van der Waals surface area contributed by atoms with E-state index in [1.165, 1.54) is 43.5 Å². The first-order valence-corrected chi connectivity index (χ1v) is 8.04. The molecule has 0 unspecified atom stereocenters. The Hall–Kier alpha value is -2.68. The lowest BCUT2D eigenvalue weighted by molar-refractivity contribution is -0.118. The minimum atomic E-state index is -3.01. The third-order valence-electron chi connectivity index (χ3n) is 3.09. The first-order valence-electron chi connectivity index (χ1n) is 7.25. The number of hydrogen-bond donors (Lipinski definition) is 1. The molecule has 2 rings (SSSR count). The number of para-hydroxylation sites is 2. The van der Waals surface area contributed by atoms with Crippen LogP contribution in [0.4, 0.5) is 14.5 Å². The number of hydrogen-bond acceptors (Lipinski definition) is 5. The zero-order valence-corrected chi connectivity index (χ0v) is 15.1. The Bertz CT molecular complexity index is 800. The number of carbonyl (C=O) groups is 2. The molecule has 26 heavy (non-hydrogen) atoms. The summed E-state index contributed by atoms with van der Waals surface area (Å²) >= 11 is 3.23. The van der Waals surface area contributed by atoms with Gasteiger partial charge in [-0.2, -0.15) is 8.78 Å². The second-order valence-electron chi connectivity index (χ2n) is 4.85. The summed E-state index contributed by atoms with van der Waals surface area (Å²) in [7, 11) is 1.26. The first kappa shape index (κ1) is 19.6. The number of methoxy groups -OCH3 is 1. The molecule has 2 aromatic rings. The van der Waals surface area contributed by atoms with E-state index >= 15 is 0 Å². The van der Waals surface area contributed by atoms with Crippen LogP contribution in [0.2, 0.25) is 0 Å². The van der Waals surface area contributed by atoms with Crippen LogP contribution in [0.25, 0.3) is 0 Å². The van der Waals surface area contributed by atoms with Gasteiger partial charge in [-0.25, -0.2) is 4.79 Å². The van der Waals surface area contributed by atoms with E-state index in [9.17, 15) is 18.4 Å². The van der Waals surface area contributed by atoms with Crippen LogP contribution < -0.4 is 14.8 Å². The van der Waals surface area contributed by atoms with Crippen molar-refractivity contribution in [2.75, 3.05) is 19.0 Å². The lowest BCUT2D eigenvalue weighted by Crippen LogP contribution is -2.21. The van der Waals surface area contributed by atoms with Crippen LogP contribution in [0, 0.1) is 0 Å². The van der Waals surface area contributed by atoms with Crippen LogP contribution in [-0.2, 0) is 9.53 Å². The highest BCUT2D eigenvalue weighted by atomic mass is 79.9. The molecule has 9 heteroatoms. The van der Waals surface area contributed by atoms with Crippen molar-refractivity contribution in [3.8, 4) is 11.5 Å². The molecule has 0 fully saturated rings. The number of amides is 1. The minimum Gasteiger partial charge on any atom is -0.483 e. The molecule has 0 aliphatic rings. The average molecular weight is 430 g/mol. The third kappa shape index (κ3) is 5.41. The number of esters is 1. The molecule has 0 saturated heterocycles. The maximum atomic E-state index is 12.4. The van der Waals surface area contributed by atoms with Gasteiger partial charge >= 0.3 is 12.6 Å². The van der Waals surface area contributed by atoms with E-state index in [2.05, 4.69) is 30.7 Å². The van der Waals surface area contributed by atoms with Gasteiger partial charge in [0, 0.05) is 0 Å². The molecular weight excluding hydrogens is 416 g/mol. The summed E-state index contributed by atoms with van der Waals surface area (Å²) in [5, 5.41) is 2.43. The SMILES string of the molecule is COC(=O)c1ccc(OCC(=O)Nc2ccccc2OC(F)F)c(Br)c1. The molecule has 0 aliphatic carbocycles. The normalized spacial score (nSPS) is 10.3. The molecule has 0 aliphatic heterocycles. The van der Waals surface area contributed by atoms with Gasteiger partial charge in [-0.05, 0) is 46.3 Å². The van der Waals surface area contributed by atoms with E-state index in [4.69, 9.17) is 4.74 Å². The molecule has 6 nitrogen and oxygen atoms in total. The number of benzene rings is 2. The summed E-state index contributed by atoms with van der Waals surface area (Å²) in [6.07, 6.45) is 0. The Morgan fingerprint density at radius 1 is 1.15 bits per heavy atom. The van der Waals surface area contributed by atoms with Crippen LogP contribution in [0.15, 0.2) is 46.9 Å². The van der Waals surface area contributed by atoms with Crippen LogP contribution >= 0.6 is 15.9 Å². The summed E-state index contributed by atoms with van der Waals surface area (Å²) in [5.41, 5.74) is 0.413. The van der Waals surface area contributed by atoms with Crippen LogP contribution in [0.5, 0.6) is 11.5 Å². The zero-order valence-electron chi connectivity index (χ0n) is 13.5. The van der Waals surface area contributed by atoms with Crippen LogP contribution in [-0.4, -0.2) is 32.2 Å². The van der Waals surface area contributed by atoms with Crippen molar-refractivity contribution in [2.45, 2.75) is 6.61 Å². The molecule has 138 valence electrons. The van der Waals surface area contributed by atoms with E-state index in [-0.39, 0.29) is 18.0 Å². The Labute approximate surface area is 156 Å². The maximum absolute atomic E-state index is 12.4. The first-order chi connectivity index (χ1) is 12.4. The van der Waals surface area contributed by atoms with E-state index < -0.39 is 18.5 Å². The predicted octanol–water partition coefficient (Wildman–Crippen LogP) is 3.85. The van der Waals surface area contributed by atoms with Crippen molar-refractivity contribution in [1.82, 2.24) is 0 Å². The fourth-order valence-electron chi connectivity index (χ4n) is 1.96. The summed E-state index contributed by atoms with van der Waals surface area (Å²) < 4.78 is 39.5. The third-order valence-corrected chi connectivity index (χ3v) is 3.71. The predicted molar refractivity (Wildman–Crippen MR) is 92.7 cm³/mol. The van der Waals surface area contributed by atoms with Crippen LogP contribution in [0.3, 0.4) is 0 Å². The number of halogens is 3. The number of rotatable bonds is 7. The minimum absolute atomic E-state index is 0.0986. The lowest BCUT2D eigenvalue weighted by atomic mass is 10.2. The highest BCUT2D eigenvalue weighted by molar-refractivity contribution is 9.10. The molecule has 0 saturated carbocycles. The highest BCUT2D eigenvalue weighted by Crippen LogP contribution is 2.27. The molecule has 0 atom stereocenters. The summed E-state index contributed by atoms with van der Waals surface area (Å²) in [6.45, 7) is -3.38. The fraction of sp³-hybridized carbons (Fsp3) is 0.176. The van der Waals surface area contributed by atoms with Crippen molar-refractivity contribution in [3.05, 3.63) is 52.5 Å². The van der Waals surface area contributed by atoms with Gasteiger partial charge in [0.2, 0.25) is 0 Å². The van der Waals surface area contributed by atoms with Crippen molar-refractivity contribution >= 4 is 33.5 Å². The number of alkyl halides is 2. The van der Waals surface area contributed by atoms with Crippen molar-refractivity contribution in [2.24, 2.45) is 0 Å². The standard InChI is InChI=1S/C17H14BrF2NO5/c1-24-16(23)10-6-7-13(11(18)8-10)25-9-15(22)21-12-4-2-3-5-14(12)26-17(19)20/h2-8,17H,9H2,1H3,(H,21,22). The van der Waals surface area contributed by atoms with Gasteiger partial charge in [-0.3, -0.25) is 4.79 Å². The monoisotopic (exact) mass is 429 g/mol. The van der Waals surface area contributed by atoms with Crippen molar-refractivity contribution < 1.29 is 32.6 Å². The molecule has 0 bridgehead atoms. The van der Waals surface area contributed by atoms with Gasteiger partial charge in [0.15, 0.2) is 6.61 Å². The van der Waals surface area contributed by atoms with Gasteiger partial charge in [-0.1, -0.05) is 12.1 Å². The van der Waals surface area contributed by atoms with Gasteiger partial charge in [0.25, 0.3) is 5.91 Å². The van der Waals surface area contributed by atoms with E-state index in [0.29, 0.717) is 15.8 Å². The number of ether oxygens (including phenoxy) is 3. The Morgan fingerprint density at radius 3 is 2.54 bits per heavy atom.